The number of rotatable bonds is 10. The third-order valence-electron chi connectivity index (χ3n) is 4.27. The lowest BCUT2D eigenvalue weighted by Crippen LogP contribution is -2.43. The number of carbonyl (C=O) groups excluding carboxylic acids is 3. The summed E-state index contributed by atoms with van der Waals surface area (Å²) in [7, 11) is 0. The van der Waals surface area contributed by atoms with Crippen LogP contribution in [0.25, 0.3) is 0 Å². The van der Waals surface area contributed by atoms with E-state index in [-0.39, 0.29) is 5.56 Å². The van der Waals surface area contributed by atoms with Crippen molar-refractivity contribution < 1.29 is 19.1 Å². The molecule has 2 amide bonds. The molecule has 0 radical (unpaired) electrons. The standard InChI is InChI=1S/C22H25ClN2O4S/c1-15-7-9-16(10-8-15)13-24-20(26)14-29-22(28)19(11-12-30-2)25-21(27)17-5-3-4-6-18(17)23/h3-10,19H,11-14H2,1-2H3,(H,24,26)(H,25,27). The highest BCUT2D eigenvalue weighted by molar-refractivity contribution is 7.98. The second-order valence-corrected chi connectivity index (χ2v) is 8.05. The van der Waals surface area contributed by atoms with Crippen LogP contribution >= 0.6 is 23.4 Å². The SMILES string of the molecule is CSCCC(NC(=O)c1ccccc1Cl)C(=O)OCC(=O)NCc1ccc(C)cc1. The van der Waals surface area contributed by atoms with Crippen LogP contribution < -0.4 is 10.6 Å². The van der Waals surface area contributed by atoms with Crippen LogP contribution in [0, 0.1) is 6.92 Å². The summed E-state index contributed by atoms with van der Waals surface area (Å²) >= 11 is 7.59. The lowest BCUT2D eigenvalue weighted by molar-refractivity contribution is -0.150. The van der Waals surface area contributed by atoms with Gasteiger partial charge in [-0.15, -0.1) is 0 Å². The normalized spacial score (nSPS) is 11.4. The molecule has 0 aliphatic rings. The summed E-state index contributed by atoms with van der Waals surface area (Å²) in [5.74, 6) is -0.894. The van der Waals surface area contributed by atoms with E-state index in [1.165, 1.54) is 0 Å². The first kappa shape index (κ1) is 23.8. The van der Waals surface area contributed by atoms with E-state index < -0.39 is 30.4 Å². The van der Waals surface area contributed by atoms with Gasteiger partial charge in [0, 0.05) is 6.54 Å². The molecule has 0 aliphatic heterocycles. The molecule has 30 heavy (non-hydrogen) atoms. The van der Waals surface area contributed by atoms with Crippen molar-refractivity contribution in [1.82, 2.24) is 10.6 Å². The Labute approximate surface area is 185 Å². The Morgan fingerprint density at radius 1 is 1.10 bits per heavy atom. The maximum Gasteiger partial charge on any atom is 0.329 e. The van der Waals surface area contributed by atoms with Crippen molar-refractivity contribution >= 4 is 41.1 Å². The van der Waals surface area contributed by atoms with Crippen LogP contribution in [0.5, 0.6) is 0 Å². The second kappa shape index (κ2) is 12.2. The summed E-state index contributed by atoms with van der Waals surface area (Å²) < 4.78 is 5.13. The molecule has 0 spiro atoms. The minimum absolute atomic E-state index is 0.275. The van der Waals surface area contributed by atoms with Crippen LogP contribution in [0.3, 0.4) is 0 Å². The summed E-state index contributed by atoms with van der Waals surface area (Å²) in [4.78, 5) is 36.9. The van der Waals surface area contributed by atoms with Gasteiger partial charge >= 0.3 is 5.97 Å². The molecule has 1 unspecified atom stereocenters. The fraction of sp³-hybridized carbons (Fsp3) is 0.318. The van der Waals surface area contributed by atoms with E-state index in [4.69, 9.17) is 16.3 Å². The molecule has 6 nitrogen and oxygen atoms in total. The Bertz CT molecular complexity index is 874. The van der Waals surface area contributed by atoms with Crippen LogP contribution in [0.15, 0.2) is 48.5 Å². The van der Waals surface area contributed by atoms with Crippen LogP contribution in [0.4, 0.5) is 0 Å². The van der Waals surface area contributed by atoms with Crippen molar-refractivity contribution in [2.24, 2.45) is 0 Å². The minimum atomic E-state index is -0.869. The summed E-state index contributed by atoms with van der Waals surface area (Å²) in [6.45, 7) is 1.91. The van der Waals surface area contributed by atoms with Crippen LogP contribution in [0.1, 0.15) is 27.9 Å². The average molecular weight is 449 g/mol. The lowest BCUT2D eigenvalue weighted by atomic mass is 10.1. The van der Waals surface area contributed by atoms with E-state index in [1.54, 1.807) is 36.0 Å². The van der Waals surface area contributed by atoms with Gasteiger partial charge in [0.2, 0.25) is 0 Å². The van der Waals surface area contributed by atoms with Gasteiger partial charge in [0.05, 0.1) is 10.6 Å². The zero-order chi connectivity index (χ0) is 21.9. The van der Waals surface area contributed by atoms with E-state index in [1.807, 2.05) is 37.4 Å². The zero-order valence-electron chi connectivity index (χ0n) is 16.9. The quantitative estimate of drug-likeness (QED) is 0.544. The topological polar surface area (TPSA) is 84.5 Å². The Balaban J connectivity index is 1.87. The Hall–Kier alpha value is -2.51. The molecule has 2 N–H and O–H groups in total. The second-order valence-electron chi connectivity index (χ2n) is 6.66. The summed E-state index contributed by atoms with van der Waals surface area (Å²) in [5, 5.41) is 5.65. The van der Waals surface area contributed by atoms with Crippen molar-refractivity contribution in [2.75, 3.05) is 18.6 Å². The number of amides is 2. The number of aryl methyl sites for hydroxylation is 1. The number of hydrogen-bond donors (Lipinski definition) is 2. The first-order chi connectivity index (χ1) is 14.4. The number of ether oxygens (including phenoxy) is 1. The highest BCUT2D eigenvalue weighted by Gasteiger charge is 2.24. The van der Waals surface area contributed by atoms with Crippen molar-refractivity contribution in [3.05, 3.63) is 70.2 Å². The molecule has 2 aromatic carbocycles. The van der Waals surface area contributed by atoms with Crippen LogP contribution in [0.2, 0.25) is 5.02 Å². The molecule has 0 aromatic heterocycles. The number of carbonyl (C=O) groups is 3. The van der Waals surface area contributed by atoms with Gasteiger partial charge in [-0.3, -0.25) is 9.59 Å². The first-order valence-electron chi connectivity index (χ1n) is 9.44. The maximum atomic E-state index is 12.5. The maximum absolute atomic E-state index is 12.5. The Kier molecular flexibility index (Phi) is 9.70. The van der Waals surface area contributed by atoms with Crippen molar-refractivity contribution in [1.29, 1.82) is 0 Å². The number of halogens is 1. The third kappa shape index (κ3) is 7.72. The molecule has 0 fully saturated rings. The van der Waals surface area contributed by atoms with Crippen molar-refractivity contribution in [3.63, 3.8) is 0 Å². The number of benzene rings is 2. The van der Waals surface area contributed by atoms with Crippen LogP contribution in [-0.4, -0.2) is 42.4 Å². The van der Waals surface area contributed by atoms with E-state index in [2.05, 4.69) is 10.6 Å². The van der Waals surface area contributed by atoms with Gasteiger partial charge in [-0.05, 0) is 43.0 Å². The predicted molar refractivity (Wildman–Crippen MR) is 120 cm³/mol. The third-order valence-corrected chi connectivity index (χ3v) is 5.25. The fourth-order valence-corrected chi connectivity index (χ4v) is 3.25. The molecular weight excluding hydrogens is 424 g/mol. The monoisotopic (exact) mass is 448 g/mol. The highest BCUT2D eigenvalue weighted by atomic mass is 35.5. The number of nitrogens with one attached hydrogen (secondary N) is 2. The van der Waals surface area contributed by atoms with Gasteiger partial charge in [-0.1, -0.05) is 53.6 Å². The van der Waals surface area contributed by atoms with Gasteiger partial charge in [-0.25, -0.2) is 4.79 Å². The number of hydrogen-bond acceptors (Lipinski definition) is 5. The molecule has 2 rings (SSSR count). The minimum Gasteiger partial charge on any atom is -0.454 e. The zero-order valence-corrected chi connectivity index (χ0v) is 18.5. The predicted octanol–water partition coefficient (Wildman–Crippen LogP) is 3.36. The molecule has 0 aliphatic carbocycles. The van der Waals surface area contributed by atoms with E-state index in [0.717, 1.165) is 11.1 Å². The van der Waals surface area contributed by atoms with E-state index in [9.17, 15) is 14.4 Å². The van der Waals surface area contributed by atoms with Gasteiger partial charge < -0.3 is 15.4 Å². The van der Waals surface area contributed by atoms with Crippen molar-refractivity contribution in [3.8, 4) is 0 Å². The summed E-state index contributed by atoms with van der Waals surface area (Å²) in [5.41, 5.74) is 2.36. The summed E-state index contributed by atoms with van der Waals surface area (Å²) in [6, 6.07) is 13.5. The highest BCUT2D eigenvalue weighted by Crippen LogP contribution is 2.15. The fourth-order valence-electron chi connectivity index (χ4n) is 2.56. The average Bonchev–Trinajstić information content (AvgIpc) is 2.74. The van der Waals surface area contributed by atoms with Crippen LogP contribution in [-0.2, 0) is 20.9 Å². The molecule has 2 aromatic rings. The van der Waals surface area contributed by atoms with E-state index in [0.29, 0.717) is 23.7 Å². The smallest absolute Gasteiger partial charge is 0.329 e. The van der Waals surface area contributed by atoms with E-state index >= 15 is 0 Å². The van der Waals surface area contributed by atoms with Gasteiger partial charge in [0.1, 0.15) is 6.04 Å². The molecule has 0 heterocycles. The van der Waals surface area contributed by atoms with Gasteiger partial charge in [0.25, 0.3) is 11.8 Å². The molecule has 0 saturated heterocycles. The Morgan fingerprint density at radius 3 is 2.47 bits per heavy atom. The lowest BCUT2D eigenvalue weighted by Gasteiger charge is -2.17. The van der Waals surface area contributed by atoms with Gasteiger partial charge in [-0.2, -0.15) is 11.8 Å². The molecular formula is C22H25ClN2O4S. The molecule has 0 bridgehead atoms. The molecule has 160 valence electrons. The number of thioether (sulfide) groups is 1. The molecule has 8 heteroatoms. The molecule has 0 saturated carbocycles. The number of esters is 1. The molecule has 1 atom stereocenters. The summed E-state index contributed by atoms with van der Waals surface area (Å²) in [6.07, 6.45) is 2.28. The van der Waals surface area contributed by atoms with Crippen molar-refractivity contribution in [2.45, 2.75) is 25.9 Å². The first-order valence-corrected chi connectivity index (χ1v) is 11.2. The largest absolute Gasteiger partial charge is 0.454 e. The Morgan fingerprint density at radius 2 is 1.80 bits per heavy atom. The van der Waals surface area contributed by atoms with Gasteiger partial charge in [0.15, 0.2) is 6.61 Å².